The number of aromatic amines is 1. The van der Waals surface area contributed by atoms with Gasteiger partial charge in [-0.15, -0.1) is 21.8 Å². The Balaban J connectivity index is 1.45. The van der Waals surface area contributed by atoms with E-state index in [9.17, 15) is 0 Å². The normalized spacial score (nSPS) is 20.8. The Morgan fingerprint density at radius 1 is 1.07 bits per heavy atom. The molecule has 5 rings (SSSR count). The number of alkyl halides is 1. The van der Waals surface area contributed by atoms with Gasteiger partial charge < -0.3 is 0 Å². The van der Waals surface area contributed by atoms with Crippen LogP contribution in [0.1, 0.15) is 30.3 Å². The molecule has 0 aliphatic heterocycles. The Morgan fingerprint density at radius 3 is 2.67 bits per heavy atom. The van der Waals surface area contributed by atoms with Crippen LogP contribution in [0.2, 0.25) is 0 Å². The smallest absolute Gasteiger partial charge is 0.204 e. The summed E-state index contributed by atoms with van der Waals surface area (Å²) in [4.78, 5) is 2.34. The fourth-order valence-corrected chi connectivity index (χ4v) is 4.66. The number of tetrazole rings is 1. The van der Waals surface area contributed by atoms with E-state index >= 15 is 0 Å². The lowest BCUT2D eigenvalue weighted by atomic mass is 9.94. The van der Waals surface area contributed by atoms with E-state index in [1.165, 1.54) is 4.91 Å². The zero-order chi connectivity index (χ0) is 20.3. The molecule has 6 nitrogen and oxygen atoms in total. The van der Waals surface area contributed by atoms with Crippen molar-refractivity contribution in [2.75, 3.05) is 0 Å². The van der Waals surface area contributed by atoms with Gasteiger partial charge in [0, 0.05) is 22.6 Å². The number of hydrogen-bond acceptors (Lipinski definition) is 5. The number of para-hydroxylation sites is 1. The molecule has 0 radical (unpaired) electrons. The highest BCUT2D eigenvalue weighted by Gasteiger charge is 2.22. The number of allylic oxidation sites excluding steroid dienone is 7. The third-order valence-corrected chi connectivity index (χ3v) is 6.42. The third-order valence-electron chi connectivity index (χ3n) is 5.02. The zero-order valence-electron chi connectivity index (χ0n) is 16.0. The monoisotopic (exact) mass is 434 g/mol. The van der Waals surface area contributed by atoms with Gasteiger partial charge in [0.15, 0.2) is 0 Å². The minimum absolute atomic E-state index is 0.0795. The van der Waals surface area contributed by atoms with Gasteiger partial charge >= 0.3 is 0 Å². The molecule has 2 heterocycles. The van der Waals surface area contributed by atoms with E-state index < -0.39 is 0 Å². The molecule has 0 spiro atoms. The fraction of sp³-hybridized carbons (Fsp3) is 0.182. The molecule has 150 valence electrons. The van der Waals surface area contributed by atoms with Crippen LogP contribution in [-0.4, -0.2) is 35.8 Å². The summed E-state index contributed by atoms with van der Waals surface area (Å²) in [5.41, 5.74) is 3.08. The highest BCUT2D eigenvalue weighted by atomic mass is 35.5. The lowest BCUT2D eigenvalue weighted by molar-refractivity contribution is 0.760. The van der Waals surface area contributed by atoms with Crippen LogP contribution >= 0.6 is 23.4 Å². The van der Waals surface area contributed by atoms with E-state index in [1.807, 2.05) is 35.0 Å². The maximum absolute atomic E-state index is 6.19. The molecule has 2 aliphatic carbocycles. The largest absolute Gasteiger partial charge is 0.240 e. The molecule has 0 saturated heterocycles. The lowest BCUT2D eigenvalue weighted by Gasteiger charge is -2.15. The van der Waals surface area contributed by atoms with Crippen LogP contribution in [0.25, 0.3) is 11.3 Å². The van der Waals surface area contributed by atoms with Crippen LogP contribution in [-0.2, 0) is 0 Å². The van der Waals surface area contributed by atoms with Crippen LogP contribution in [0, 0.1) is 0 Å². The van der Waals surface area contributed by atoms with Crippen molar-refractivity contribution in [3.05, 3.63) is 89.4 Å². The van der Waals surface area contributed by atoms with Crippen molar-refractivity contribution in [3.63, 3.8) is 0 Å². The summed E-state index contributed by atoms with van der Waals surface area (Å²) < 4.78 is 1.96. The minimum atomic E-state index is 0.0795. The first-order valence-electron chi connectivity index (χ1n) is 9.74. The van der Waals surface area contributed by atoms with Gasteiger partial charge in [-0.2, -0.15) is 10.3 Å². The maximum Gasteiger partial charge on any atom is 0.204 e. The van der Waals surface area contributed by atoms with Gasteiger partial charge in [0.1, 0.15) is 0 Å². The second-order valence-corrected chi connectivity index (χ2v) is 8.75. The number of nitrogens with one attached hydrogen (secondary N) is 1. The van der Waals surface area contributed by atoms with Crippen molar-refractivity contribution < 1.29 is 0 Å². The molecule has 0 fully saturated rings. The average molecular weight is 435 g/mol. The molecule has 2 aliphatic rings. The first kappa shape index (κ1) is 19.1. The minimum Gasteiger partial charge on any atom is -0.240 e. The summed E-state index contributed by atoms with van der Waals surface area (Å²) in [6.45, 7) is 0. The number of thioether (sulfide) groups is 1. The molecule has 3 aromatic rings. The predicted molar refractivity (Wildman–Crippen MR) is 120 cm³/mol. The number of H-pyrrole nitrogens is 1. The Labute approximate surface area is 183 Å². The van der Waals surface area contributed by atoms with E-state index in [4.69, 9.17) is 16.7 Å². The van der Waals surface area contributed by atoms with E-state index in [0.29, 0.717) is 5.82 Å². The molecular formula is C22H19ClN6S. The summed E-state index contributed by atoms with van der Waals surface area (Å²) in [7, 11) is 0. The van der Waals surface area contributed by atoms with E-state index in [0.717, 1.165) is 34.7 Å². The average Bonchev–Trinajstić information content (AvgIpc) is 3.47. The van der Waals surface area contributed by atoms with Crippen molar-refractivity contribution in [2.24, 2.45) is 0 Å². The highest BCUT2D eigenvalue weighted by molar-refractivity contribution is 8.03. The molecule has 30 heavy (non-hydrogen) atoms. The summed E-state index contributed by atoms with van der Waals surface area (Å²) >= 11 is 7.93. The number of benzene rings is 1. The topological polar surface area (TPSA) is 72.3 Å². The first-order valence-corrected chi connectivity index (χ1v) is 11.0. The quantitative estimate of drug-likeness (QED) is 0.568. The second kappa shape index (κ2) is 8.45. The van der Waals surface area contributed by atoms with Crippen molar-refractivity contribution >= 4 is 28.9 Å². The molecule has 2 atom stereocenters. The number of nitrogens with zero attached hydrogens (tertiary/aromatic N) is 5. The van der Waals surface area contributed by atoms with Gasteiger partial charge in [-0.3, -0.25) is 0 Å². The zero-order valence-corrected chi connectivity index (χ0v) is 17.6. The second-order valence-electron chi connectivity index (χ2n) is 7.07. The van der Waals surface area contributed by atoms with E-state index in [2.05, 4.69) is 63.3 Å². The molecular weight excluding hydrogens is 416 g/mol. The number of hydrogen-bond donors (Lipinski definition) is 1. The number of halogens is 1. The standard InChI is InChI=1S/C22H19ClN6S/c23-17-10-12-19(13-11-17)30-20-14-29(18-4-2-1-3-5-18)26-21(20)15-6-8-16(9-7-15)22-24-27-28-25-22/h1-6,8-10,12-15,17H,7,11H2,(H,24,25,27,28). The number of aromatic nitrogens is 6. The van der Waals surface area contributed by atoms with E-state index in [1.54, 1.807) is 11.8 Å². The summed E-state index contributed by atoms with van der Waals surface area (Å²) in [6.07, 6.45) is 16.5. The SMILES string of the molecule is ClC1C=CC(Sc2cn(-c3ccccc3)nc2C2C=CC(c3nn[nH]n3)=CC2)=CC1. The van der Waals surface area contributed by atoms with Gasteiger partial charge in [-0.05, 0) is 30.2 Å². The Kier molecular flexibility index (Phi) is 5.38. The van der Waals surface area contributed by atoms with Crippen LogP contribution in [0.4, 0.5) is 0 Å². The Hall–Kier alpha value is -2.90. The summed E-state index contributed by atoms with van der Waals surface area (Å²) in [5, 5.41) is 19.3. The first-order chi connectivity index (χ1) is 14.8. The van der Waals surface area contributed by atoms with Gasteiger partial charge in [-0.25, -0.2) is 4.68 Å². The Bertz CT molecular complexity index is 1140. The van der Waals surface area contributed by atoms with Crippen LogP contribution < -0.4 is 0 Å². The van der Waals surface area contributed by atoms with Gasteiger partial charge in [0.2, 0.25) is 5.82 Å². The highest BCUT2D eigenvalue weighted by Crippen LogP contribution is 2.39. The molecule has 8 heteroatoms. The summed E-state index contributed by atoms with van der Waals surface area (Å²) in [6, 6.07) is 10.2. The van der Waals surface area contributed by atoms with Crippen LogP contribution in [0.15, 0.2) is 82.8 Å². The van der Waals surface area contributed by atoms with Crippen molar-refractivity contribution in [2.45, 2.75) is 29.0 Å². The van der Waals surface area contributed by atoms with E-state index in [-0.39, 0.29) is 11.3 Å². The molecule has 1 N–H and O–H groups in total. The Morgan fingerprint density at radius 2 is 1.97 bits per heavy atom. The maximum atomic E-state index is 6.19. The van der Waals surface area contributed by atoms with Crippen molar-refractivity contribution in [1.82, 2.24) is 30.4 Å². The molecule has 2 aromatic heterocycles. The molecule has 0 saturated carbocycles. The molecule has 2 unspecified atom stereocenters. The predicted octanol–water partition coefficient (Wildman–Crippen LogP) is 5.06. The summed E-state index contributed by atoms with van der Waals surface area (Å²) in [5.74, 6) is 0.796. The van der Waals surface area contributed by atoms with Crippen molar-refractivity contribution in [1.29, 1.82) is 0 Å². The van der Waals surface area contributed by atoms with Crippen LogP contribution in [0.5, 0.6) is 0 Å². The molecule has 0 bridgehead atoms. The van der Waals surface area contributed by atoms with Gasteiger partial charge in [0.25, 0.3) is 0 Å². The van der Waals surface area contributed by atoms with Gasteiger partial charge in [-0.1, -0.05) is 66.4 Å². The molecule has 1 aromatic carbocycles. The van der Waals surface area contributed by atoms with Crippen LogP contribution in [0.3, 0.4) is 0 Å². The fourth-order valence-electron chi connectivity index (χ4n) is 3.47. The van der Waals surface area contributed by atoms with Crippen molar-refractivity contribution in [3.8, 4) is 5.69 Å². The number of rotatable bonds is 5. The third kappa shape index (κ3) is 4.04. The molecule has 0 amide bonds. The van der Waals surface area contributed by atoms with Gasteiger partial charge in [0.05, 0.1) is 21.7 Å². The lowest BCUT2D eigenvalue weighted by Crippen LogP contribution is -2.03.